The number of aromatic nitrogens is 10. The predicted molar refractivity (Wildman–Crippen MR) is 90.1 cm³/mol. The van der Waals surface area contributed by atoms with Crippen molar-refractivity contribution in [1.29, 1.82) is 0 Å². The van der Waals surface area contributed by atoms with Gasteiger partial charge in [0.25, 0.3) is 0 Å². The molecule has 6 N–H and O–H groups in total. The number of hydrogen-bond donors (Lipinski definition) is 0. The molecule has 12 nitrogen and oxygen atoms in total. The van der Waals surface area contributed by atoms with Crippen molar-refractivity contribution in [3.05, 3.63) is 71.8 Å². The van der Waals surface area contributed by atoms with Crippen LogP contribution in [0.2, 0.25) is 0 Å². The third-order valence-electron chi connectivity index (χ3n) is 2.85. The van der Waals surface area contributed by atoms with Crippen LogP contribution in [0.5, 0.6) is 0 Å². The minimum Gasteiger partial charge on any atom is -0.457 e. The third-order valence-corrected chi connectivity index (χ3v) is 2.85. The van der Waals surface area contributed by atoms with Gasteiger partial charge >= 0.3 is 17.1 Å². The molecule has 0 fully saturated rings. The van der Waals surface area contributed by atoms with Gasteiger partial charge in [-0.3, -0.25) is 30.6 Å². The van der Waals surface area contributed by atoms with Crippen LogP contribution in [0, 0.1) is 0 Å². The van der Waals surface area contributed by atoms with E-state index in [1.807, 2.05) is 36.4 Å². The summed E-state index contributed by atoms with van der Waals surface area (Å²) in [5.74, 6) is 1.21. The van der Waals surface area contributed by atoms with E-state index in [1.165, 1.54) is 0 Å². The van der Waals surface area contributed by atoms with E-state index in [0.29, 0.717) is 24.5 Å². The minimum absolute atomic E-state index is 0. The molecule has 0 aliphatic carbocycles. The molecule has 27 heavy (non-hydrogen) atoms. The van der Waals surface area contributed by atoms with Crippen molar-refractivity contribution in [2.24, 2.45) is 0 Å². The van der Waals surface area contributed by atoms with Crippen LogP contribution in [0.3, 0.4) is 0 Å². The number of tetrazole rings is 2. The quantitative estimate of drug-likeness (QED) is 0.261. The van der Waals surface area contributed by atoms with Crippen molar-refractivity contribution in [2.45, 2.75) is 12.8 Å². The summed E-state index contributed by atoms with van der Waals surface area (Å²) in [6.45, 7) is 0. The third kappa shape index (κ3) is 8.20. The van der Waals surface area contributed by atoms with Crippen molar-refractivity contribution in [1.82, 2.24) is 51.2 Å². The van der Waals surface area contributed by atoms with E-state index in [-0.39, 0.29) is 28.0 Å². The molecule has 4 aromatic rings. The maximum absolute atomic E-state index is 4.12. The Labute approximate surface area is 164 Å². The molecule has 0 aromatic carbocycles. The van der Waals surface area contributed by atoms with Crippen LogP contribution in [0.4, 0.5) is 0 Å². The van der Waals surface area contributed by atoms with Gasteiger partial charge in [0.15, 0.2) is 0 Å². The van der Waals surface area contributed by atoms with Gasteiger partial charge in [-0.2, -0.15) is 10.4 Å². The Balaban J connectivity index is 0.000000451. The van der Waals surface area contributed by atoms with Gasteiger partial charge in [-0.05, 0) is 24.3 Å². The monoisotopic (exact) mass is 413 g/mol. The molecule has 0 atom stereocenters. The second-order valence-corrected chi connectivity index (χ2v) is 4.59. The molecule has 0 bridgehead atoms. The molecule has 0 saturated carbocycles. The standard InChI is InChI=1S/2C7H6N5.Mn.2H2O/c2*1-2-4-8-6(3-1)5-7-9-11-12-10-7;;;/h2*1-4H,5H2;;2*1H2/q2*-1;+2;;/p+2. The number of pyridine rings is 2. The molecule has 4 aromatic heterocycles. The fraction of sp³-hybridized carbons (Fsp3) is 0.143. The Morgan fingerprint density at radius 2 is 1.11 bits per heavy atom. The van der Waals surface area contributed by atoms with Gasteiger partial charge in [0.1, 0.15) is 0 Å². The van der Waals surface area contributed by atoms with Gasteiger partial charge in [-0.1, -0.05) is 12.1 Å². The van der Waals surface area contributed by atoms with Gasteiger partial charge in [-0.15, -0.1) is 0 Å². The first-order valence-corrected chi connectivity index (χ1v) is 7.05. The summed E-state index contributed by atoms with van der Waals surface area (Å²) in [5, 5.41) is 28.3. The number of nitrogens with zero attached hydrogens (tertiary/aromatic N) is 10. The fourth-order valence-corrected chi connectivity index (χ4v) is 1.80. The average Bonchev–Trinajstić information content (AvgIpc) is 3.32. The Bertz CT molecular complexity index is 744. The molecule has 1 radical (unpaired) electrons. The maximum atomic E-state index is 4.12. The van der Waals surface area contributed by atoms with Crippen LogP contribution in [0.15, 0.2) is 48.8 Å². The van der Waals surface area contributed by atoms with Gasteiger partial charge < -0.3 is 21.1 Å². The molecule has 0 unspecified atom stereocenters. The average molecular weight is 413 g/mol. The van der Waals surface area contributed by atoms with Crippen LogP contribution in [0.25, 0.3) is 0 Å². The molecule has 141 valence electrons. The second kappa shape index (κ2) is 13.1. The zero-order chi connectivity index (χ0) is 16.5. The summed E-state index contributed by atoms with van der Waals surface area (Å²) in [4.78, 5) is 8.24. The largest absolute Gasteiger partial charge is 2.00 e. The van der Waals surface area contributed by atoms with E-state index < -0.39 is 0 Å². The molecule has 13 heteroatoms. The Morgan fingerprint density at radius 3 is 1.41 bits per heavy atom. The summed E-state index contributed by atoms with van der Waals surface area (Å²) in [6.07, 6.45) is 4.65. The summed E-state index contributed by atoms with van der Waals surface area (Å²) < 4.78 is 0. The van der Waals surface area contributed by atoms with E-state index >= 15 is 0 Å². The van der Waals surface area contributed by atoms with Crippen molar-refractivity contribution < 1.29 is 28.0 Å². The molecule has 0 aliphatic rings. The van der Waals surface area contributed by atoms with Crippen molar-refractivity contribution in [3.63, 3.8) is 0 Å². The molecule has 4 heterocycles. The maximum Gasteiger partial charge on any atom is 2.00 e. The first-order chi connectivity index (χ1) is 11.9. The van der Waals surface area contributed by atoms with E-state index in [0.717, 1.165) is 11.4 Å². The summed E-state index contributed by atoms with van der Waals surface area (Å²) in [5.41, 5.74) is 1.85. The predicted octanol–water partition coefficient (Wildman–Crippen LogP) is -2.22. The first kappa shape index (κ1) is 23.9. The van der Waals surface area contributed by atoms with Crippen LogP contribution in [-0.2, 0) is 40.9 Å². The van der Waals surface area contributed by atoms with Crippen molar-refractivity contribution in [3.8, 4) is 0 Å². The Kier molecular flexibility index (Phi) is 11.6. The zero-order valence-corrected chi connectivity index (χ0v) is 15.2. The van der Waals surface area contributed by atoms with Gasteiger partial charge in [0.05, 0.1) is 0 Å². The molecular formula is C14H18MnN10O2+2. The fourth-order valence-electron chi connectivity index (χ4n) is 1.80. The number of rotatable bonds is 4. The summed E-state index contributed by atoms with van der Waals surface area (Å²) >= 11 is 0. The van der Waals surface area contributed by atoms with E-state index in [2.05, 4.69) is 51.2 Å². The minimum atomic E-state index is 0. The van der Waals surface area contributed by atoms with Crippen LogP contribution in [-0.4, -0.2) is 41.0 Å². The van der Waals surface area contributed by atoms with E-state index in [4.69, 9.17) is 0 Å². The summed E-state index contributed by atoms with van der Waals surface area (Å²) in [6, 6.07) is 11.4. The van der Waals surface area contributed by atoms with Gasteiger partial charge in [0.2, 0.25) is 0 Å². The Hall–Kier alpha value is -3.12. The zero-order valence-electron chi connectivity index (χ0n) is 14.0. The molecular weight excluding hydrogens is 395 g/mol. The summed E-state index contributed by atoms with van der Waals surface area (Å²) in [7, 11) is 0. The van der Waals surface area contributed by atoms with Crippen molar-refractivity contribution in [2.75, 3.05) is 0 Å². The Morgan fingerprint density at radius 1 is 0.667 bits per heavy atom. The van der Waals surface area contributed by atoms with E-state index in [9.17, 15) is 0 Å². The van der Waals surface area contributed by atoms with Crippen LogP contribution < -0.4 is 10.2 Å². The van der Waals surface area contributed by atoms with Crippen molar-refractivity contribution >= 4 is 0 Å². The van der Waals surface area contributed by atoms with Gasteiger partial charge in [-0.25, -0.2) is 0 Å². The van der Waals surface area contributed by atoms with Gasteiger partial charge in [0, 0.05) is 48.3 Å². The van der Waals surface area contributed by atoms with Crippen LogP contribution in [0.1, 0.15) is 23.0 Å². The SMILES string of the molecule is [Mn+2].[OH3+].[OH3+].c1ccc(Cc2nnn[n-]2)nc1.c1ccc(Cc2nnn[n-]2)nc1. The molecule has 0 aliphatic heterocycles. The topological polar surface area (TPSA) is 197 Å². The normalized spacial score (nSPS) is 8.89. The molecule has 4 rings (SSSR count). The number of hydrogen-bond acceptors (Lipinski definition) is 8. The van der Waals surface area contributed by atoms with E-state index in [1.54, 1.807) is 12.4 Å². The molecule has 0 amide bonds. The van der Waals surface area contributed by atoms with Crippen LogP contribution >= 0.6 is 0 Å². The molecule has 0 saturated heterocycles. The molecule has 0 spiro atoms. The second-order valence-electron chi connectivity index (χ2n) is 4.59. The first-order valence-electron chi connectivity index (χ1n) is 7.05. The smallest absolute Gasteiger partial charge is 0.457 e.